The van der Waals surface area contributed by atoms with Crippen LogP contribution < -0.4 is 5.32 Å². The Labute approximate surface area is 108 Å². The van der Waals surface area contributed by atoms with Crippen LogP contribution in [0.5, 0.6) is 0 Å². The first-order chi connectivity index (χ1) is 8.24. The SMILES string of the molecule is CN(C)CCC=C(NC(=O)C1CC1(C)C)C(=O)O. The number of hydrogen-bond acceptors (Lipinski definition) is 3. The van der Waals surface area contributed by atoms with Crippen molar-refractivity contribution in [2.75, 3.05) is 20.6 Å². The lowest BCUT2D eigenvalue weighted by molar-refractivity contribution is -0.135. The van der Waals surface area contributed by atoms with Gasteiger partial charge in [0.05, 0.1) is 0 Å². The van der Waals surface area contributed by atoms with Gasteiger partial charge in [0.2, 0.25) is 5.91 Å². The number of hydrogen-bond donors (Lipinski definition) is 2. The summed E-state index contributed by atoms with van der Waals surface area (Å²) in [7, 11) is 3.83. The summed E-state index contributed by atoms with van der Waals surface area (Å²) in [5.74, 6) is -1.33. The Balaban J connectivity index is 2.53. The molecule has 1 unspecified atom stereocenters. The van der Waals surface area contributed by atoms with E-state index in [1.165, 1.54) is 0 Å². The standard InChI is InChI=1S/C13H22N2O3/c1-13(2)8-9(13)11(16)14-10(12(17)18)6-5-7-15(3)4/h6,9H,5,7-8H2,1-4H3,(H,14,16)(H,17,18). The maximum Gasteiger partial charge on any atom is 0.352 e. The molecule has 1 aliphatic rings. The molecule has 5 heteroatoms. The molecule has 0 radical (unpaired) electrons. The van der Waals surface area contributed by atoms with E-state index in [0.717, 1.165) is 13.0 Å². The third-order valence-electron chi connectivity index (χ3n) is 3.24. The van der Waals surface area contributed by atoms with Crippen LogP contribution >= 0.6 is 0 Å². The third-order valence-corrected chi connectivity index (χ3v) is 3.24. The zero-order valence-corrected chi connectivity index (χ0v) is 11.5. The molecule has 1 saturated carbocycles. The number of rotatable bonds is 6. The summed E-state index contributed by atoms with van der Waals surface area (Å²) < 4.78 is 0. The number of nitrogens with one attached hydrogen (secondary N) is 1. The van der Waals surface area contributed by atoms with E-state index in [9.17, 15) is 9.59 Å². The maximum absolute atomic E-state index is 11.8. The van der Waals surface area contributed by atoms with E-state index in [1.54, 1.807) is 6.08 Å². The van der Waals surface area contributed by atoms with Gasteiger partial charge in [0, 0.05) is 12.5 Å². The zero-order valence-electron chi connectivity index (χ0n) is 11.5. The summed E-state index contributed by atoms with van der Waals surface area (Å²) in [6.07, 6.45) is 2.99. The van der Waals surface area contributed by atoms with Crippen molar-refractivity contribution in [1.82, 2.24) is 10.2 Å². The van der Waals surface area contributed by atoms with Crippen LogP contribution in [-0.2, 0) is 9.59 Å². The van der Waals surface area contributed by atoms with Crippen LogP contribution in [0.2, 0.25) is 0 Å². The largest absolute Gasteiger partial charge is 0.477 e. The number of carboxylic acids is 1. The molecule has 1 aliphatic carbocycles. The summed E-state index contributed by atoms with van der Waals surface area (Å²) in [4.78, 5) is 24.8. The van der Waals surface area contributed by atoms with Crippen molar-refractivity contribution in [2.45, 2.75) is 26.7 Å². The van der Waals surface area contributed by atoms with E-state index in [1.807, 2.05) is 32.8 Å². The highest BCUT2D eigenvalue weighted by molar-refractivity contribution is 5.94. The average molecular weight is 254 g/mol. The number of carboxylic acid groups (broad SMARTS) is 1. The first-order valence-electron chi connectivity index (χ1n) is 6.13. The Morgan fingerprint density at radius 2 is 2.00 bits per heavy atom. The molecular weight excluding hydrogens is 232 g/mol. The summed E-state index contributed by atoms with van der Waals surface area (Å²) >= 11 is 0. The molecule has 102 valence electrons. The number of aliphatic carboxylic acids is 1. The Bertz CT molecular complexity index is 372. The molecule has 1 rings (SSSR count). The van der Waals surface area contributed by atoms with E-state index in [4.69, 9.17) is 5.11 Å². The van der Waals surface area contributed by atoms with E-state index in [-0.39, 0.29) is 22.9 Å². The van der Waals surface area contributed by atoms with E-state index in [0.29, 0.717) is 6.42 Å². The topological polar surface area (TPSA) is 69.6 Å². The minimum atomic E-state index is -1.08. The molecule has 0 aromatic heterocycles. The molecule has 5 nitrogen and oxygen atoms in total. The molecule has 0 saturated heterocycles. The van der Waals surface area contributed by atoms with Gasteiger partial charge < -0.3 is 15.3 Å². The predicted octanol–water partition coefficient (Wildman–Crippen LogP) is 1.07. The Kier molecular flexibility index (Phi) is 4.51. The zero-order chi connectivity index (χ0) is 13.9. The molecule has 0 bridgehead atoms. The summed E-state index contributed by atoms with van der Waals surface area (Å²) in [6.45, 7) is 4.77. The lowest BCUT2D eigenvalue weighted by atomic mass is 10.1. The molecule has 1 fully saturated rings. The first kappa shape index (κ1) is 14.7. The van der Waals surface area contributed by atoms with Crippen molar-refractivity contribution in [2.24, 2.45) is 11.3 Å². The predicted molar refractivity (Wildman–Crippen MR) is 68.9 cm³/mol. The normalized spacial score (nSPS) is 21.8. The minimum Gasteiger partial charge on any atom is -0.477 e. The van der Waals surface area contributed by atoms with Crippen LogP contribution in [0, 0.1) is 11.3 Å². The van der Waals surface area contributed by atoms with Crippen LogP contribution in [0.1, 0.15) is 26.7 Å². The van der Waals surface area contributed by atoms with Gasteiger partial charge >= 0.3 is 5.97 Å². The highest BCUT2D eigenvalue weighted by Crippen LogP contribution is 2.51. The molecular formula is C13H22N2O3. The monoisotopic (exact) mass is 254 g/mol. The lowest BCUT2D eigenvalue weighted by Gasteiger charge is -2.09. The van der Waals surface area contributed by atoms with Crippen molar-refractivity contribution >= 4 is 11.9 Å². The molecule has 0 spiro atoms. The molecule has 2 N–H and O–H groups in total. The number of carbonyl (C=O) groups is 2. The second-order valence-electron chi connectivity index (χ2n) is 5.75. The molecule has 0 aromatic carbocycles. The third kappa shape index (κ3) is 4.14. The molecule has 1 amide bonds. The van der Waals surface area contributed by atoms with Gasteiger partial charge in [-0.1, -0.05) is 19.9 Å². The first-order valence-corrected chi connectivity index (χ1v) is 6.13. The van der Waals surface area contributed by atoms with Crippen molar-refractivity contribution < 1.29 is 14.7 Å². The highest BCUT2D eigenvalue weighted by atomic mass is 16.4. The summed E-state index contributed by atoms with van der Waals surface area (Å²) in [5.41, 5.74) is 0.00157. The fourth-order valence-corrected chi connectivity index (χ4v) is 1.79. The summed E-state index contributed by atoms with van der Waals surface area (Å²) in [5, 5.41) is 11.5. The highest BCUT2D eigenvalue weighted by Gasteiger charge is 2.50. The lowest BCUT2D eigenvalue weighted by Crippen LogP contribution is -2.30. The average Bonchev–Trinajstić information content (AvgIpc) is 2.85. The second-order valence-corrected chi connectivity index (χ2v) is 5.75. The van der Waals surface area contributed by atoms with Gasteiger partial charge in [-0.3, -0.25) is 4.79 Å². The van der Waals surface area contributed by atoms with E-state index < -0.39 is 5.97 Å². The molecule has 0 aliphatic heterocycles. The molecule has 0 aromatic rings. The quantitative estimate of drug-likeness (QED) is 0.696. The van der Waals surface area contributed by atoms with Crippen LogP contribution in [0.3, 0.4) is 0 Å². The van der Waals surface area contributed by atoms with Gasteiger partial charge in [-0.05, 0) is 32.4 Å². The van der Waals surface area contributed by atoms with Crippen molar-refractivity contribution in [3.05, 3.63) is 11.8 Å². The second kappa shape index (κ2) is 5.52. The summed E-state index contributed by atoms with van der Waals surface area (Å²) in [6, 6.07) is 0. The smallest absolute Gasteiger partial charge is 0.352 e. The molecule has 0 heterocycles. The Morgan fingerprint density at radius 1 is 1.44 bits per heavy atom. The van der Waals surface area contributed by atoms with E-state index >= 15 is 0 Å². The number of carbonyl (C=O) groups excluding carboxylic acids is 1. The fraction of sp³-hybridized carbons (Fsp3) is 0.692. The maximum atomic E-state index is 11.8. The minimum absolute atomic E-state index is 0.00968. The van der Waals surface area contributed by atoms with Gasteiger partial charge in [0.15, 0.2) is 0 Å². The van der Waals surface area contributed by atoms with Crippen LogP contribution in [-0.4, -0.2) is 42.5 Å². The van der Waals surface area contributed by atoms with Crippen molar-refractivity contribution in [1.29, 1.82) is 0 Å². The van der Waals surface area contributed by atoms with Gasteiger partial charge in [-0.25, -0.2) is 4.79 Å². The van der Waals surface area contributed by atoms with Crippen LogP contribution in [0.25, 0.3) is 0 Å². The van der Waals surface area contributed by atoms with Crippen LogP contribution in [0.15, 0.2) is 11.8 Å². The van der Waals surface area contributed by atoms with Crippen molar-refractivity contribution in [3.63, 3.8) is 0 Å². The molecule has 18 heavy (non-hydrogen) atoms. The fourth-order valence-electron chi connectivity index (χ4n) is 1.79. The Morgan fingerprint density at radius 3 is 2.39 bits per heavy atom. The van der Waals surface area contributed by atoms with Gasteiger partial charge in [0.25, 0.3) is 0 Å². The van der Waals surface area contributed by atoms with Crippen molar-refractivity contribution in [3.8, 4) is 0 Å². The van der Waals surface area contributed by atoms with Gasteiger partial charge in [-0.15, -0.1) is 0 Å². The Hall–Kier alpha value is -1.36. The van der Waals surface area contributed by atoms with E-state index in [2.05, 4.69) is 5.32 Å². The number of amides is 1. The van der Waals surface area contributed by atoms with Gasteiger partial charge in [-0.2, -0.15) is 0 Å². The van der Waals surface area contributed by atoms with Gasteiger partial charge in [0.1, 0.15) is 5.70 Å². The molecule has 1 atom stereocenters. The van der Waals surface area contributed by atoms with Crippen LogP contribution in [0.4, 0.5) is 0 Å². The number of nitrogens with zero attached hydrogens (tertiary/aromatic N) is 1.